The van der Waals surface area contributed by atoms with Crippen molar-refractivity contribution in [1.82, 2.24) is 15.0 Å². The zero-order valence-corrected chi connectivity index (χ0v) is 10.2. The van der Waals surface area contributed by atoms with Gasteiger partial charge in [-0.15, -0.1) is 0 Å². The lowest BCUT2D eigenvalue weighted by Crippen LogP contribution is -2.32. The zero-order chi connectivity index (χ0) is 13.4. The van der Waals surface area contributed by atoms with Gasteiger partial charge in [0.2, 0.25) is 5.95 Å². The molecule has 0 radical (unpaired) electrons. The van der Waals surface area contributed by atoms with Crippen molar-refractivity contribution in [2.24, 2.45) is 0 Å². The largest absolute Gasteiger partial charge is 0.507 e. The first-order chi connectivity index (χ1) is 9.15. The maximum atomic E-state index is 11.9. The van der Waals surface area contributed by atoms with E-state index in [0.29, 0.717) is 22.9 Å². The third-order valence-corrected chi connectivity index (χ3v) is 2.84. The number of nitrogens with zero attached hydrogens (tertiary/aromatic N) is 2. The number of benzene rings is 1. The molecule has 1 aromatic carbocycles. The van der Waals surface area contributed by atoms with Gasteiger partial charge in [0.25, 0.3) is 5.56 Å². The van der Waals surface area contributed by atoms with E-state index in [1.165, 1.54) is 10.6 Å². The maximum absolute atomic E-state index is 11.9. The summed E-state index contributed by atoms with van der Waals surface area (Å²) in [4.78, 5) is 16.1. The molecule has 3 N–H and O–H groups in total. The highest BCUT2D eigenvalue weighted by Gasteiger charge is 2.15. The standard InChI is InChI=1S/C13H12N4O2/c1-8-6-12(19)17-7-10(15-16-13(17)14-8)9-4-2-3-5-11(9)18/h2-7,15,18H,1H3,(H,14,16). The van der Waals surface area contributed by atoms with Gasteiger partial charge in [-0.2, -0.15) is 0 Å². The van der Waals surface area contributed by atoms with Crippen LogP contribution in [0.3, 0.4) is 0 Å². The number of fused-ring (bicyclic) bond motifs is 1. The first kappa shape index (κ1) is 11.3. The Hall–Kier alpha value is -2.76. The molecule has 3 rings (SSSR count). The minimum absolute atomic E-state index is 0.139. The molecule has 0 spiro atoms. The van der Waals surface area contributed by atoms with E-state index in [2.05, 4.69) is 15.8 Å². The van der Waals surface area contributed by atoms with Gasteiger partial charge in [0.05, 0.1) is 5.70 Å². The summed E-state index contributed by atoms with van der Waals surface area (Å²) >= 11 is 0. The van der Waals surface area contributed by atoms with Crippen molar-refractivity contribution in [3.8, 4) is 5.75 Å². The molecule has 1 aliphatic heterocycles. The van der Waals surface area contributed by atoms with Crippen molar-refractivity contribution in [2.45, 2.75) is 6.92 Å². The van der Waals surface area contributed by atoms with Crippen LogP contribution in [0.25, 0.3) is 11.9 Å². The molecular formula is C13H12N4O2. The van der Waals surface area contributed by atoms with E-state index in [1.54, 1.807) is 31.3 Å². The number of para-hydroxylation sites is 1. The summed E-state index contributed by atoms with van der Waals surface area (Å²) in [6.45, 7) is 1.76. The summed E-state index contributed by atoms with van der Waals surface area (Å²) < 4.78 is 1.39. The van der Waals surface area contributed by atoms with Crippen LogP contribution in [0.2, 0.25) is 0 Å². The summed E-state index contributed by atoms with van der Waals surface area (Å²) in [6.07, 6.45) is 1.61. The van der Waals surface area contributed by atoms with Crippen LogP contribution >= 0.6 is 0 Å². The van der Waals surface area contributed by atoms with E-state index >= 15 is 0 Å². The third kappa shape index (κ3) is 1.93. The van der Waals surface area contributed by atoms with E-state index in [9.17, 15) is 9.90 Å². The normalized spacial score (nSPS) is 13.0. The molecule has 6 nitrogen and oxygen atoms in total. The fourth-order valence-corrected chi connectivity index (χ4v) is 1.94. The van der Waals surface area contributed by atoms with E-state index in [-0.39, 0.29) is 11.3 Å². The number of nitrogens with one attached hydrogen (secondary N) is 2. The van der Waals surface area contributed by atoms with Gasteiger partial charge in [0.1, 0.15) is 5.75 Å². The van der Waals surface area contributed by atoms with Gasteiger partial charge < -0.3 is 5.11 Å². The van der Waals surface area contributed by atoms with Crippen molar-refractivity contribution >= 4 is 17.8 Å². The predicted molar refractivity (Wildman–Crippen MR) is 72.3 cm³/mol. The molecule has 2 heterocycles. The second-order valence-corrected chi connectivity index (χ2v) is 4.24. The molecule has 96 valence electrons. The minimum atomic E-state index is -0.176. The van der Waals surface area contributed by atoms with Crippen molar-refractivity contribution in [3.05, 3.63) is 51.9 Å². The highest BCUT2D eigenvalue weighted by Crippen LogP contribution is 2.25. The molecule has 0 saturated carbocycles. The monoisotopic (exact) mass is 256 g/mol. The number of aromatic nitrogens is 2. The highest BCUT2D eigenvalue weighted by molar-refractivity contribution is 5.80. The van der Waals surface area contributed by atoms with Gasteiger partial charge in [-0.25, -0.2) is 4.98 Å². The summed E-state index contributed by atoms with van der Waals surface area (Å²) in [6, 6.07) is 8.34. The first-order valence-corrected chi connectivity index (χ1v) is 5.77. The van der Waals surface area contributed by atoms with Crippen molar-refractivity contribution < 1.29 is 5.11 Å². The van der Waals surface area contributed by atoms with Crippen LogP contribution in [0.4, 0.5) is 5.95 Å². The molecule has 0 unspecified atom stereocenters. The van der Waals surface area contributed by atoms with E-state index in [0.717, 1.165) is 0 Å². The number of hydrazine groups is 1. The molecule has 2 aromatic rings. The zero-order valence-electron chi connectivity index (χ0n) is 10.2. The van der Waals surface area contributed by atoms with Gasteiger partial charge in [0, 0.05) is 23.5 Å². The topological polar surface area (TPSA) is 79.2 Å². The Morgan fingerprint density at radius 1 is 1.26 bits per heavy atom. The lowest BCUT2D eigenvalue weighted by Gasteiger charge is -2.21. The van der Waals surface area contributed by atoms with Crippen molar-refractivity contribution in [2.75, 3.05) is 5.43 Å². The molecule has 0 atom stereocenters. The molecular weight excluding hydrogens is 244 g/mol. The second-order valence-electron chi connectivity index (χ2n) is 4.24. The van der Waals surface area contributed by atoms with E-state index in [1.807, 2.05) is 6.07 Å². The number of phenols is 1. The number of aromatic hydroxyl groups is 1. The summed E-state index contributed by atoms with van der Waals surface area (Å²) in [5.41, 5.74) is 7.43. The fourth-order valence-electron chi connectivity index (χ4n) is 1.94. The Morgan fingerprint density at radius 2 is 2.05 bits per heavy atom. The Balaban J connectivity index is 2.15. The first-order valence-electron chi connectivity index (χ1n) is 5.77. The molecule has 1 aliphatic rings. The van der Waals surface area contributed by atoms with Gasteiger partial charge in [-0.3, -0.25) is 20.2 Å². The quantitative estimate of drug-likeness (QED) is 0.713. The summed E-state index contributed by atoms with van der Waals surface area (Å²) in [5, 5.41) is 9.81. The molecule has 0 bridgehead atoms. The average molecular weight is 256 g/mol. The van der Waals surface area contributed by atoms with Crippen LogP contribution in [0.15, 0.2) is 35.1 Å². The van der Waals surface area contributed by atoms with Crippen LogP contribution in [-0.2, 0) is 0 Å². The van der Waals surface area contributed by atoms with Crippen LogP contribution in [0, 0.1) is 6.92 Å². The number of hydrogen-bond acceptors (Lipinski definition) is 5. The predicted octanol–water partition coefficient (Wildman–Crippen LogP) is 1.14. The minimum Gasteiger partial charge on any atom is -0.507 e. The number of rotatable bonds is 1. The van der Waals surface area contributed by atoms with Crippen molar-refractivity contribution in [3.63, 3.8) is 0 Å². The second kappa shape index (κ2) is 4.16. The fraction of sp³-hybridized carbons (Fsp3) is 0.0769. The Morgan fingerprint density at radius 3 is 2.84 bits per heavy atom. The Kier molecular flexibility index (Phi) is 2.49. The van der Waals surface area contributed by atoms with E-state index < -0.39 is 0 Å². The molecule has 0 fully saturated rings. The number of hydrogen-bond donors (Lipinski definition) is 3. The van der Waals surface area contributed by atoms with E-state index in [4.69, 9.17) is 0 Å². The highest BCUT2D eigenvalue weighted by atomic mass is 16.3. The SMILES string of the molecule is Cc1cc(=O)n2c(n1)NNC(c1ccccc1O)=C2. The van der Waals surface area contributed by atoms with Gasteiger partial charge in [-0.05, 0) is 19.1 Å². The van der Waals surface area contributed by atoms with Crippen LogP contribution in [0.5, 0.6) is 5.75 Å². The Bertz CT molecular complexity index is 734. The summed E-state index contributed by atoms with van der Waals surface area (Å²) in [5.74, 6) is 0.559. The van der Waals surface area contributed by atoms with Crippen molar-refractivity contribution in [1.29, 1.82) is 0 Å². The summed E-state index contributed by atoms with van der Waals surface area (Å²) in [7, 11) is 0. The number of aryl methyl sites for hydroxylation is 1. The molecule has 0 amide bonds. The van der Waals surface area contributed by atoms with Crippen LogP contribution < -0.4 is 16.4 Å². The Labute approximate surface area is 109 Å². The smallest absolute Gasteiger partial charge is 0.259 e. The molecule has 1 aromatic heterocycles. The lowest BCUT2D eigenvalue weighted by atomic mass is 10.1. The third-order valence-electron chi connectivity index (χ3n) is 2.84. The van der Waals surface area contributed by atoms with Gasteiger partial charge >= 0.3 is 0 Å². The number of anilines is 1. The van der Waals surface area contributed by atoms with Gasteiger partial charge in [-0.1, -0.05) is 12.1 Å². The van der Waals surface area contributed by atoms with Gasteiger partial charge in [0.15, 0.2) is 0 Å². The molecule has 19 heavy (non-hydrogen) atoms. The maximum Gasteiger partial charge on any atom is 0.259 e. The average Bonchev–Trinajstić information content (AvgIpc) is 2.39. The molecule has 6 heteroatoms. The van der Waals surface area contributed by atoms with Crippen LogP contribution in [-0.4, -0.2) is 14.7 Å². The van der Waals surface area contributed by atoms with Crippen LogP contribution in [0.1, 0.15) is 11.3 Å². The number of phenolic OH excluding ortho intramolecular Hbond substituents is 1. The molecule has 0 aliphatic carbocycles. The molecule has 0 saturated heterocycles. The lowest BCUT2D eigenvalue weighted by molar-refractivity contribution is 0.473.